The molecule has 1 aliphatic rings. The standard InChI is InChI=1S/C9H16N2O2/c1-6-4-13-5-8(6)11-9(12)7(2)10-3/h7-8,10H,1,4-5H2,2-3H3,(H,11,12). The Kier molecular flexibility index (Phi) is 3.45. The number of carbonyl (C=O) groups excluding carboxylic acids is 1. The summed E-state index contributed by atoms with van der Waals surface area (Å²) in [7, 11) is 1.75. The summed E-state index contributed by atoms with van der Waals surface area (Å²) in [5.74, 6) is -0.0147. The lowest BCUT2D eigenvalue weighted by atomic mass is 10.1. The molecule has 4 heteroatoms. The van der Waals surface area contributed by atoms with Gasteiger partial charge in [0.15, 0.2) is 0 Å². The van der Waals surface area contributed by atoms with Crippen LogP contribution >= 0.6 is 0 Å². The van der Waals surface area contributed by atoms with Gasteiger partial charge in [-0.05, 0) is 19.5 Å². The Balaban J connectivity index is 2.39. The molecule has 13 heavy (non-hydrogen) atoms. The maximum absolute atomic E-state index is 11.4. The van der Waals surface area contributed by atoms with E-state index < -0.39 is 0 Å². The Morgan fingerprint density at radius 3 is 2.92 bits per heavy atom. The van der Waals surface area contributed by atoms with Crippen molar-refractivity contribution in [2.45, 2.75) is 19.0 Å². The molecule has 0 aliphatic carbocycles. The monoisotopic (exact) mass is 184 g/mol. The smallest absolute Gasteiger partial charge is 0.237 e. The van der Waals surface area contributed by atoms with Gasteiger partial charge >= 0.3 is 0 Å². The highest BCUT2D eigenvalue weighted by atomic mass is 16.5. The third-order valence-electron chi connectivity index (χ3n) is 2.21. The summed E-state index contributed by atoms with van der Waals surface area (Å²) in [4.78, 5) is 11.4. The zero-order valence-electron chi connectivity index (χ0n) is 8.09. The molecule has 74 valence electrons. The largest absolute Gasteiger partial charge is 0.375 e. The average molecular weight is 184 g/mol. The van der Waals surface area contributed by atoms with Crippen molar-refractivity contribution >= 4 is 5.91 Å². The quantitative estimate of drug-likeness (QED) is 0.590. The first-order valence-corrected chi connectivity index (χ1v) is 4.38. The molecular formula is C9H16N2O2. The molecule has 1 rings (SSSR count). The van der Waals surface area contributed by atoms with Crippen LogP contribution in [0.5, 0.6) is 0 Å². The van der Waals surface area contributed by atoms with Crippen LogP contribution in [-0.2, 0) is 9.53 Å². The van der Waals surface area contributed by atoms with Crippen LogP contribution in [0.2, 0.25) is 0 Å². The van der Waals surface area contributed by atoms with Crippen LogP contribution in [0.4, 0.5) is 0 Å². The van der Waals surface area contributed by atoms with E-state index in [9.17, 15) is 4.79 Å². The van der Waals surface area contributed by atoms with Crippen molar-refractivity contribution in [2.75, 3.05) is 20.3 Å². The van der Waals surface area contributed by atoms with Gasteiger partial charge in [0.25, 0.3) is 0 Å². The molecule has 0 aromatic carbocycles. The summed E-state index contributed by atoms with van der Waals surface area (Å²) >= 11 is 0. The molecular weight excluding hydrogens is 168 g/mol. The first-order valence-electron chi connectivity index (χ1n) is 4.38. The van der Waals surface area contributed by atoms with E-state index in [0.29, 0.717) is 13.2 Å². The van der Waals surface area contributed by atoms with Gasteiger partial charge < -0.3 is 15.4 Å². The van der Waals surface area contributed by atoms with Gasteiger partial charge in [-0.3, -0.25) is 4.79 Å². The molecule has 2 unspecified atom stereocenters. The van der Waals surface area contributed by atoms with Crippen LogP contribution in [-0.4, -0.2) is 38.3 Å². The molecule has 0 spiro atoms. The van der Waals surface area contributed by atoms with Crippen LogP contribution in [0.3, 0.4) is 0 Å². The molecule has 4 nitrogen and oxygen atoms in total. The van der Waals surface area contributed by atoms with Gasteiger partial charge in [-0.15, -0.1) is 0 Å². The van der Waals surface area contributed by atoms with Crippen molar-refractivity contribution in [1.82, 2.24) is 10.6 Å². The van der Waals surface area contributed by atoms with Crippen molar-refractivity contribution < 1.29 is 9.53 Å². The molecule has 1 aliphatic heterocycles. The first-order chi connectivity index (χ1) is 6.15. The lowest BCUT2D eigenvalue weighted by Gasteiger charge is -2.15. The number of carbonyl (C=O) groups is 1. The summed E-state index contributed by atoms with van der Waals surface area (Å²) in [6.45, 7) is 6.72. The van der Waals surface area contributed by atoms with Crippen LogP contribution in [0.25, 0.3) is 0 Å². The van der Waals surface area contributed by atoms with E-state index in [0.717, 1.165) is 5.57 Å². The third-order valence-corrected chi connectivity index (χ3v) is 2.21. The first kappa shape index (κ1) is 10.2. The zero-order valence-corrected chi connectivity index (χ0v) is 8.09. The molecule has 0 aromatic rings. The molecule has 1 amide bonds. The highest BCUT2D eigenvalue weighted by Gasteiger charge is 2.23. The van der Waals surface area contributed by atoms with Crippen molar-refractivity contribution in [3.63, 3.8) is 0 Å². The summed E-state index contributed by atoms with van der Waals surface area (Å²) in [6, 6.07) is -0.184. The van der Waals surface area contributed by atoms with Crippen LogP contribution < -0.4 is 10.6 Å². The van der Waals surface area contributed by atoms with E-state index in [-0.39, 0.29) is 18.0 Å². The zero-order chi connectivity index (χ0) is 9.84. The Morgan fingerprint density at radius 2 is 2.46 bits per heavy atom. The predicted octanol–water partition coefficient (Wildman–Crippen LogP) is -0.335. The van der Waals surface area contributed by atoms with E-state index in [1.807, 2.05) is 6.92 Å². The van der Waals surface area contributed by atoms with Crippen LogP contribution in [0.1, 0.15) is 6.92 Å². The van der Waals surface area contributed by atoms with Gasteiger partial charge in [0.05, 0.1) is 25.3 Å². The summed E-state index contributed by atoms with van der Waals surface area (Å²) in [6.07, 6.45) is 0. The second kappa shape index (κ2) is 4.39. The normalized spacial score (nSPS) is 24.5. The SMILES string of the molecule is C=C1COCC1NC(=O)C(C)NC. The Bertz CT molecular complexity index is 216. The predicted molar refractivity (Wildman–Crippen MR) is 50.4 cm³/mol. The van der Waals surface area contributed by atoms with Gasteiger partial charge in [-0.1, -0.05) is 6.58 Å². The fraction of sp³-hybridized carbons (Fsp3) is 0.667. The minimum Gasteiger partial charge on any atom is -0.375 e. The van der Waals surface area contributed by atoms with Crippen molar-refractivity contribution in [3.8, 4) is 0 Å². The minimum absolute atomic E-state index is 0.0108. The van der Waals surface area contributed by atoms with E-state index in [1.54, 1.807) is 7.05 Å². The number of hydrogen-bond donors (Lipinski definition) is 2. The number of likely N-dealkylation sites (N-methyl/N-ethyl adjacent to an activating group) is 1. The third kappa shape index (κ3) is 2.54. The maximum atomic E-state index is 11.4. The number of hydrogen-bond acceptors (Lipinski definition) is 3. The second-order valence-corrected chi connectivity index (χ2v) is 3.24. The van der Waals surface area contributed by atoms with Crippen molar-refractivity contribution in [3.05, 3.63) is 12.2 Å². The fourth-order valence-corrected chi connectivity index (χ4v) is 1.10. The highest BCUT2D eigenvalue weighted by Crippen LogP contribution is 2.09. The Labute approximate surface area is 78.3 Å². The van der Waals surface area contributed by atoms with E-state index in [2.05, 4.69) is 17.2 Å². The topological polar surface area (TPSA) is 50.4 Å². The summed E-state index contributed by atoms with van der Waals surface area (Å²) in [5.41, 5.74) is 0.941. The van der Waals surface area contributed by atoms with Crippen LogP contribution in [0.15, 0.2) is 12.2 Å². The molecule has 2 N–H and O–H groups in total. The van der Waals surface area contributed by atoms with Crippen LogP contribution in [0, 0.1) is 0 Å². The number of amides is 1. The van der Waals surface area contributed by atoms with E-state index in [1.165, 1.54) is 0 Å². The van der Waals surface area contributed by atoms with Gasteiger partial charge in [0.1, 0.15) is 0 Å². The maximum Gasteiger partial charge on any atom is 0.237 e. The summed E-state index contributed by atoms with van der Waals surface area (Å²) in [5, 5.41) is 5.72. The molecule has 1 fully saturated rings. The highest BCUT2D eigenvalue weighted by molar-refractivity contribution is 5.81. The van der Waals surface area contributed by atoms with Gasteiger partial charge in [0, 0.05) is 0 Å². The lowest BCUT2D eigenvalue weighted by Crippen LogP contribution is -2.45. The molecule has 2 atom stereocenters. The second-order valence-electron chi connectivity index (χ2n) is 3.24. The Hall–Kier alpha value is -0.870. The molecule has 0 radical (unpaired) electrons. The molecule has 1 saturated heterocycles. The Morgan fingerprint density at radius 1 is 1.77 bits per heavy atom. The van der Waals surface area contributed by atoms with Gasteiger partial charge in [-0.2, -0.15) is 0 Å². The minimum atomic E-state index is -0.173. The van der Waals surface area contributed by atoms with Crippen molar-refractivity contribution in [1.29, 1.82) is 0 Å². The number of nitrogens with one attached hydrogen (secondary N) is 2. The number of rotatable bonds is 3. The van der Waals surface area contributed by atoms with Gasteiger partial charge in [0.2, 0.25) is 5.91 Å². The van der Waals surface area contributed by atoms with Crippen molar-refractivity contribution in [2.24, 2.45) is 0 Å². The lowest BCUT2D eigenvalue weighted by molar-refractivity contribution is -0.123. The molecule has 0 bridgehead atoms. The molecule has 1 heterocycles. The average Bonchev–Trinajstić information content (AvgIpc) is 2.50. The fourth-order valence-electron chi connectivity index (χ4n) is 1.10. The number of ether oxygens (including phenoxy) is 1. The van der Waals surface area contributed by atoms with E-state index in [4.69, 9.17) is 4.74 Å². The van der Waals surface area contributed by atoms with Gasteiger partial charge in [-0.25, -0.2) is 0 Å². The molecule has 0 saturated carbocycles. The molecule has 0 aromatic heterocycles. The summed E-state index contributed by atoms with van der Waals surface area (Å²) < 4.78 is 5.15. The van der Waals surface area contributed by atoms with E-state index >= 15 is 0 Å².